The Kier molecular flexibility index (Phi) is 7.16. The number of rotatable bonds is 9. The van der Waals surface area contributed by atoms with Crippen LogP contribution in [0.2, 0.25) is 0 Å². The minimum absolute atomic E-state index is 0.175. The highest BCUT2D eigenvalue weighted by Crippen LogP contribution is 2.18. The van der Waals surface area contributed by atoms with Crippen molar-refractivity contribution in [3.63, 3.8) is 0 Å². The van der Waals surface area contributed by atoms with Gasteiger partial charge in [-0.05, 0) is 37.6 Å². The second-order valence-electron chi connectivity index (χ2n) is 5.06. The fourth-order valence-electron chi connectivity index (χ4n) is 1.75. The van der Waals surface area contributed by atoms with Gasteiger partial charge in [-0.3, -0.25) is 0 Å². The number of esters is 1. The van der Waals surface area contributed by atoms with Crippen LogP contribution < -0.4 is 4.74 Å². The third kappa shape index (κ3) is 5.99. The van der Waals surface area contributed by atoms with Crippen molar-refractivity contribution in [3.05, 3.63) is 42.0 Å². The number of hydrogen-bond donors (Lipinski definition) is 1. The number of carbonyl (C=O) groups is 2. The van der Waals surface area contributed by atoms with E-state index in [2.05, 4.69) is 13.5 Å². The summed E-state index contributed by atoms with van der Waals surface area (Å²) in [6.07, 6.45) is 2.81. The number of carbonyl (C=O) groups excluding carboxylic acids is 1. The van der Waals surface area contributed by atoms with Crippen molar-refractivity contribution in [3.8, 4) is 5.75 Å². The number of aromatic carboxylic acids is 1. The monoisotopic (exact) mass is 306 g/mol. The summed E-state index contributed by atoms with van der Waals surface area (Å²) in [5, 5.41) is 8.86. The van der Waals surface area contributed by atoms with Crippen molar-refractivity contribution in [2.24, 2.45) is 0 Å². The predicted octanol–water partition coefficient (Wildman–Crippen LogP) is 3.79. The highest BCUT2D eigenvalue weighted by molar-refractivity contribution is 5.87. The number of carboxylic acids is 1. The zero-order valence-corrected chi connectivity index (χ0v) is 13.0. The van der Waals surface area contributed by atoms with E-state index in [-0.39, 0.29) is 5.56 Å². The van der Waals surface area contributed by atoms with Gasteiger partial charge in [-0.15, -0.1) is 0 Å². The largest absolute Gasteiger partial charge is 0.478 e. The van der Waals surface area contributed by atoms with Crippen LogP contribution in [-0.4, -0.2) is 23.3 Å². The van der Waals surface area contributed by atoms with E-state index in [1.165, 1.54) is 12.1 Å². The average molecular weight is 306 g/mol. The summed E-state index contributed by atoms with van der Waals surface area (Å²) in [6.45, 7) is 7.21. The van der Waals surface area contributed by atoms with Gasteiger partial charge in [0.05, 0.1) is 5.56 Å². The van der Waals surface area contributed by atoms with Crippen molar-refractivity contribution in [2.75, 3.05) is 0 Å². The first-order valence-electron chi connectivity index (χ1n) is 7.30. The van der Waals surface area contributed by atoms with Crippen LogP contribution in [0, 0.1) is 0 Å². The average Bonchev–Trinajstić information content (AvgIpc) is 2.47. The first kappa shape index (κ1) is 17.8. The molecule has 0 aliphatic rings. The zero-order valence-electron chi connectivity index (χ0n) is 13.0. The molecule has 1 atom stereocenters. The van der Waals surface area contributed by atoms with E-state index >= 15 is 0 Å². The molecule has 22 heavy (non-hydrogen) atoms. The van der Waals surface area contributed by atoms with Crippen LogP contribution in [0.4, 0.5) is 0 Å². The summed E-state index contributed by atoms with van der Waals surface area (Å²) in [4.78, 5) is 22.4. The van der Waals surface area contributed by atoms with E-state index in [4.69, 9.17) is 14.6 Å². The van der Waals surface area contributed by atoms with Gasteiger partial charge < -0.3 is 14.6 Å². The summed E-state index contributed by atoms with van der Waals surface area (Å²) in [5.74, 6) is -1.04. The Morgan fingerprint density at radius 2 is 1.86 bits per heavy atom. The van der Waals surface area contributed by atoms with Gasteiger partial charge >= 0.3 is 11.9 Å². The van der Waals surface area contributed by atoms with E-state index in [0.717, 1.165) is 19.3 Å². The van der Waals surface area contributed by atoms with Gasteiger partial charge in [-0.2, -0.15) is 0 Å². The highest BCUT2D eigenvalue weighted by atomic mass is 16.7. The smallest absolute Gasteiger partial charge is 0.336 e. The molecule has 5 heteroatoms. The first-order chi connectivity index (χ1) is 10.4. The van der Waals surface area contributed by atoms with E-state index < -0.39 is 18.2 Å². The van der Waals surface area contributed by atoms with Crippen molar-refractivity contribution < 1.29 is 24.2 Å². The van der Waals surface area contributed by atoms with Crippen molar-refractivity contribution in [1.82, 2.24) is 0 Å². The van der Waals surface area contributed by atoms with Gasteiger partial charge in [-0.25, -0.2) is 9.59 Å². The third-order valence-electron chi connectivity index (χ3n) is 3.00. The molecule has 0 bridgehead atoms. The fraction of sp³-hybridized carbons (Fsp3) is 0.412. The fourth-order valence-corrected chi connectivity index (χ4v) is 1.75. The summed E-state index contributed by atoms with van der Waals surface area (Å²) >= 11 is 0. The minimum Gasteiger partial charge on any atom is -0.478 e. The Morgan fingerprint density at radius 3 is 2.36 bits per heavy atom. The lowest BCUT2D eigenvalue weighted by atomic mass is 10.2. The molecule has 0 spiro atoms. The van der Waals surface area contributed by atoms with Gasteiger partial charge in [0.25, 0.3) is 0 Å². The zero-order chi connectivity index (χ0) is 16.5. The number of ether oxygens (including phenoxy) is 2. The molecule has 1 N–H and O–H groups in total. The molecular formula is C17H22O5. The Balaban J connectivity index is 2.71. The van der Waals surface area contributed by atoms with E-state index in [9.17, 15) is 9.59 Å². The maximum Gasteiger partial charge on any atom is 0.336 e. The van der Waals surface area contributed by atoms with Crippen molar-refractivity contribution >= 4 is 11.9 Å². The van der Waals surface area contributed by atoms with Crippen LogP contribution in [0.15, 0.2) is 36.4 Å². The number of carboxylic acid groups (broad SMARTS) is 1. The minimum atomic E-state index is -1.00. The lowest BCUT2D eigenvalue weighted by molar-refractivity contribution is -0.159. The van der Waals surface area contributed by atoms with Gasteiger partial charge in [0, 0.05) is 12.0 Å². The second kappa shape index (κ2) is 8.87. The normalized spacial score (nSPS) is 11.5. The molecule has 0 radical (unpaired) electrons. The maximum absolute atomic E-state index is 11.6. The number of benzene rings is 1. The molecule has 1 aromatic rings. The van der Waals surface area contributed by atoms with E-state index in [1.54, 1.807) is 19.1 Å². The molecule has 1 aromatic carbocycles. The van der Waals surface area contributed by atoms with Crippen LogP contribution in [0.5, 0.6) is 5.75 Å². The molecule has 120 valence electrons. The van der Waals surface area contributed by atoms with Gasteiger partial charge in [-0.1, -0.05) is 26.3 Å². The SMILES string of the molecule is C=C(C)C(=O)OC(CCCCC)Oc1ccc(C(=O)O)cc1. The van der Waals surface area contributed by atoms with Gasteiger partial charge in [0.15, 0.2) is 0 Å². The summed E-state index contributed by atoms with van der Waals surface area (Å²) < 4.78 is 10.9. The molecule has 0 aromatic heterocycles. The summed E-state index contributed by atoms with van der Waals surface area (Å²) in [7, 11) is 0. The third-order valence-corrected chi connectivity index (χ3v) is 3.00. The van der Waals surface area contributed by atoms with Crippen LogP contribution in [0.25, 0.3) is 0 Å². The Labute approximate surface area is 130 Å². The maximum atomic E-state index is 11.6. The lowest BCUT2D eigenvalue weighted by Gasteiger charge is -2.19. The van der Waals surface area contributed by atoms with Crippen LogP contribution in [0.1, 0.15) is 49.9 Å². The topological polar surface area (TPSA) is 72.8 Å². The second-order valence-corrected chi connectivity index (χ2v) is 5.06. The summed E-state index contributed by atoms with van der Waals surface area (Å²) in [6, 6.07) is 5.98. The molecule has 0 amide bonds. The van der Waals surface area contributed by atoms with E-state index in [0.29, 0.717) is 17.7 Å². The molecule has 1 rings (SSSR count). The highest BCUT2D eigenvalue weighted by Gasteiger charge is 2.16. The molecule has 0 saturated carbocycles. The molecule has 0 aliphatic carbocycles. The molecule has 1 unspecified atom stereocenters. The van der Waals surface area contributed by atoms with Crippen LogP contribution in [-0.2, 0) is 9.53 Å². The van der Waals surface area contributed by atoms with Crippen molar-refractivity contribution in [2.45, 2.75) is 45.8 Å². The number of unbranched alkanes of at least 4 members (excludes halogenated alkanes) is 2. The Hall–Kier alpha value is -2.30. The molecular weight excluding hydrogens is 284 g/mol. The molecule has 5 nitrogen and oxygen atoms in total. The van der Waals surface area contributed by atoms with Gasteiger partial charge in [0.1, 0.15) is 5.75 Å². The van der Waals surface area contributed by atoms with Gasteiger partial charge in [0.2, 0.25) is 6.29 Å². The standard InChI is InChI=1S/C17H22O5/c1-4-5-6-7-15(22-17(20)12(2)3)21-14-10-8-13(9-11-14)16(18)19/h8-11,15H,2,4-7H2,1,3H3,(H,18,19). The Bertz CT molecular complexity index is 518. The number of hydrogen-bond acceptors (Lipinski definition) is 4. The van der Waals surface area contributed by atoms with Crippen molar-refractivity contribution in [1.29, 1.82) is 0 Å². The lowest BCUT2D eigenvalue weighted by Crippen LogP contribution is -2.24. The molecule has 0 heterocycles. The molecule has 0 saturated heterocycles. The molecule has 0 aliphatic heterocycles. The van der Waals surface area contributed by atoms with Crippen LogP contribution in [0.3, 0.4) is 0 Å². The first-order valence-corrected chi connectivity index (χ1v) is 7.30. The molecule has 0 fully saturated rings. The Morgan fingerprint density at radius 1 is 1.23 bits per heavy atom. The van der Waals surface area contributed by atoms with Crippen LogP contribution >= 0.6 is 0 Å². The quantitative estimate of drug-likeness (QED) is 0.325. The van der Waals surface area contributed by atoms with E-state index in [1.807, 2.05) is 0 Å². The predicted molar refractivity (Wildman–Crippen MR) is 82.9 cm³/mol. The summed E-state index contributed by atoms with van der Waals surface area (Å²) in [5.41, 5.74) is 0.485.